The molecule has 5 heteroatoms. The summed E-state index contributed by atoms with van der Waals surface area (Å²) in [4.78, 5) is 5.35. The minimum atomic E-state index is -0.219. The van der Waals surface area contributed by atoms with Crippen molar-refractivity contribution >= 4 is 90.2 Å². The van der Waals surface area contributed by atoms with Crippen LogP contribution in [-0.4, -0.2) is 11.3 Å². The normalized spacial score (nSPS) is 18.2. The van der Waals surface area contributed by atoms with E-state index in [4.69, 9.17) is 4.42 Å². The lowest BCUT2D eigenvalue weighted by molar-refractivity contribution is 0.332. The lowest BCUT2D eigenvalue weighted by Gasteiger charge is -2.47. The van der Waals surface area contributed by atoms with Gasteiger partial charge in [-0.15, -0.1) is 0 Å². The van der Waals surface area contributed by atoms with Crippen molar-refractivity contribution in [2.24, 2.45) is 0 Å². The summed E-state index contributed by atoms with van der Waals surface area (Å²) in [6.07, 6.45) is 4.62. The molecule has 85 heavy (non-hydrogen) atoms. The Morgan fingerprint density at radius 2 is 0.965 bits per heavy atom. The molecule has 2 aromatic heterocycles. The van der Waals surface area contributed by atoms with Gasteiger partial charge in [0.1, 0.15) is 5.58 Å². The van der Waals surface area contributed by atoms with Crippen LogP contribution in [0.3, 0.4) is 0 Å². The Hall–Kier alpha value is -7.24. The van der Waals surface area contributed by atoms with E-state index in [0.29, 0.717) is 11.8 Å². The smallest absolute Gasteiger partial charge is 0.297 e. The van der Waals surface area contributed by atoms with Crippen molar-refractivity contribution in [2.45, 2.75) is 195 Å². The number of furan rings is 1. The van der Waals surface area contributed by atoms with Crippen LogP contribution in [0.4, 0.5) is 34.1 Å². The predicted molar refractivity (Wildman–Crippen MR) is 366 cm³/mol. The number of rotatable bonds is 4. The predicted octanol–water partition coefficient (Wildman–Crippen LogP) is 20.8. The highest BCUT2D eigenvalue weighted by Crippen LogP contribution is 2.55. The molecular formula is C80H88BN3O. The van der Waals surface area contributed by atoms with Gasteiger partial charge >= 0.3 is 0 Å². The summed E-state index contributed by atoms with van der Waals surface area (Å²) < 4.78 is 10.5. The van der Waals surface area contributed by atoms with E-state index < -0.39 is 0 Å². The van der Waals surface area contributed by atoms with Gasteiger partial charge in [-0.2, -0.15) is 0 Å². The molecule has 4 heterocycles. The summed E-state index contributed by atoms with van der Waals surface area (Å²) in [5, 5.41) is 3.72. The van der Waals surface area contributed by atoms with Gasteiger partial charge in [-0.05, 0) is 198 Å². The second-order valence-corrected chi connectivity index (χ2v) is 31.8. The molecule has 0 fully saturated rings. The van der Waals surface area contributed by atoms with E-state index in [0.717, 1.165) is 46.8 Å². The van der Waals surface area contributed by atoms with Crippen LogP contribution >= 0.6 is 0 Å². The highest BCUT2D eigenvalue weighted by Gasteiger charge is 2.50. The standard InChI is InChI=1S/C80H88BN3O/c1-47-24-25-48(2)59-44-71-61(43-58(47)59)73-74(85-71)81-64-45-62-63(80(17,18)37-36-79(62,15)16)46-68(64)82(54-31-26-50(27-32-54)75(3,4)5)69-41-55(83-66-39-52(77(9,10)11)28-33-56(66)57-34-29-53(40-67(57)83)78(12,13)14)42-70(72(69)81)84(73)65-35-30-51(76(6,7)8)38-60(65)49-22-20-19-21-23-49/h19-23,26-35,38-48H,24-25,36-37H2,1-18H3. The van der Waals surface area contributed by atoms with Crippen LogP contribution in [0.5, 0.6) is 0 Å². The fraction of sp³-hybridized carbons (Fsp3) is 0.375. The molecule has 10 aromatic rings. The number of benzene rings is 8. The van der Waals surface area contributed by atoms with E-state index in [1.54, 1.807) is 0 Å². The van der Waals surface area contributed by atoms with Gasteiger partial charge in [0.05, 0.1) is 33.8 Å². The molecule has 0 bridgehead atoms. The molecule has 432 valence electrons. The maximum Gasteiger partial charge on any atom is 0.297 e. The van der Waals surface area contributed by atoms with Crippen LogP contribution in [0.25, 0.3) is 49.6 Å². The van der Waals surface area contributed by atoms with Crippen molar-refractivity contribution in [3.05, 3.63) is 190 Å². The third-order valence-corrected chi connectivity index (χ3v) is 20.9. The molecule has 4 nitrogen and oxygen atoms in total. The minimum absolute atomic E-state index is 0.0163. The monoisotopic (exact) mass is 1120 g/mol. The molecule has 0 N–H and O–H groups in total. The molecule has 0 radical (unpaired) electrons. The molecule has 2 unspecified atom stereocenters. The molecule has 2 aliphatic heterocycles. The van der Waals surface area contributed by atoms with E-state index in [-0.39, 0.29) is 39.2 Å². The van der Waals surface area contributed by atoms with Crippen LogP contribution in [0.2, 0.25) is 0 Å². The number of nitrogens with zero attached hydrogens (tertiary/aromatic N) is 3. The molecule has 0 amide bonds. The van der Waals surface area contributed by atoms with Gasteiger partial charge in [0.2, 0.25) is 0 Å². The summed E-state index contributed by atoms with van der Waals surface area (Å²) >= 11 is 0. The van der Waals surface area contributed by atoms with Crippen LogP contribution in [-0.2, 0) is 32.5 Å². The molecule has 2 atom stereocenters. The summed E-state index contributed by atoms with van der Waals surface area (Å²) in [7, 11) is 0. The highest BCUT2D eigenvalue weighted by atomic mass is 16.3. The van der Waals surface area contributed by atoms with Gasteiger partial charge in [0.15, 0.2) is 0 Å². The summed E-state index contributed by atoms with van der Waals surface area (Å²) in [6, 6.07) is 58.1. The first-order chi connectivity index (χ1) is 40.0. The van der Waals surface area contributed by atoms with Crippen molar-refractivity contribution in [3.63, 3.8) is 0 Å². The minimum Gasteiger partial charge on any atom is -0.468 e. The van der Waals surface area contributed by atoms with Crippen LogP contribution in [0.15, 0.2) is 150 Å². The van der Waals surface area contributed by atoms with Gasteiger partial charge < -0.3 is 18.8 Å². The fourth-order valence-corrected chi connectivity index (χ4v) is 15.3. The molecule has 0 saturated carbocycles. The molecule has 4 aliphatic rings. The Kier molecular flexibility index (Phi) is 12.2. The number of fused-ring (bicyclic) bond motifs is 11. The average molecular weight is 1120 g/mol. The quantitative estimate of drug-likeness (QED) is 0.164. The van der Waals surface area contributed by atoms with Crippen molar-refractivity contribution in [3.8, 4) is 16.8 Å². The number of aromatic nitrogens is 1. The molecule has 8 aromatic carbocycles. The van der Waals surface area contributed by atoms with E-state index >= 15 is 0 Å². The zero-order chi connectivity index (χ0) is 60.0. The zero-order valence-corrected chi connectivity index (χ0v) is 54.2. The average Bonchev–Trinajstić information content (AvgIpc) is 1.73. The Bertz CT molecular complexity index is 4310. The first-order valence-corrected chi connectivity index (χ1v) is 32.0. The van der Waals surface area contributed by atoms with Crippen molar-refractivity contribution in [1.82, 2.24) is 4.57 Å². The van der Waals surface area contributed by atoms with Gasteiger partial charge in [0.25, 0.3) is 6.71 Å². The SMILES string of the molecule is CC1CCC(C)c2cc3c4c(oc3cc21)B1c2cc3c(cc2N(c2ccc(C(C)(C)C)cc2)c2cc(-n5c6cc(C(C)(C)C)ccc6c6ccc(C(C)(C)C)cc65)cc(c21)N4c1ccc(C(C)(C)C)cc1-c1ccccc1)C(C)(C)CCC3(C)C. The lowest BCUT2D eigenvalue weighted by Crippen LogP contribution is -2.61. The van der Waals surface area contributed by atoms with Crippen LogP contribution < -0.4 is 26.4 Å². The Labute approximate surface area is 507 Å². The van der Waals surface area contributed by atoms with E-state index in [2.05, 4.69) is 285 Å². The van der Waals surface area contributed by atoms with Crippen molar-refractivity contribution < 1.29 is 4.42 Å². The molecule has 14 rings (SSSR count). The second-order valence-electron chi connectivity index (χ2n) is 31.8. The maximum atomic E-state index is 7.90. The Morgan fingerprint density at radius 1 is 0.459 bits per heavy atom. The van der Waals surface area contributed by atoms with Gasteiger partial charge in [0, 0.05) is 44.5 Å². The van der Waals surface area contributed by atoms with Crippen LogP contribution in [0, 0.1) is 0 Å². The topological polar surface area (TPSA) is 24.6 Å². The summed E-state index contributed by atoms with van der Waals surface area (Å²) in [5.74, 6) is 0.885. The third kappa shape index (κ3) is 8.73. The van der Waals surface area contributed by atoms with E-state index in [1.807, 2.05) is 0 Å². The maximum absolute atomic E-state index is 7.90. The molecule has 0 spiro atoms. The Morgan fingerprint density at radius 3 is 1.53 bits per heavy atom. The van der Waals surface area contributed by atoms with Gasteiger partial charge in [-0.25, -0.2) is 0 Å². The summed E-state index contributed by atoms with van der Waals surface area (Å²) in [5.41, 5.74) is 28.4. The van der Waals surface area contributed by atoms with E-state index in [1.165, 1.54) is 124 Å². The first kappa shape index (κ1) is 55.6. The number of hydrogen-bond acceptors (Lipinski definition) is 3. The van der Waals surface area contributed by atoms with Gasteiger partial charge in [-0.1, -0.05) is 203 Å². The third-order valence-electron chi connectivity index (χ3n) is 20.9. The molecule has 0 saturated heterocycles. The zero-order valence-electron chi connectivity index (χ0n) is 54.2. The van der Waals surface area contributed by atoms with Crippen molar-refractivity contribution in [2.75, 3.05) is 9.80 Å². The Balaban J connectivity index is 1.20. The summed E-state index contributed by atoms with van der Waals surface area (Å²) in [6.45, 7) is 42.7. The largest absolute Gasteiger partial charge is 0.468 e. The number of hydrogen-bond donors (Lipinski definition) is 0. The highest BCUT2D eigenvalue weighted by molar-refractivity contribution is 7.00. The van der Waals surface area contributed by atoms with Crippen LogP contribution in [0.1, 0.15) is 207 Å². The first-order valence-electron chi connectivity index (χ1n) is 32.0. The van der Waals surface area contributed by atoms with Crippen molar-refractivity contribution in [1.29, 1.82) is 0 Å². The number of anilines is 6. The van der Waals surface area contributed by atoms with E-state index in [9.17, 15) is 0 Å². The van der Waals surface area contributed by atoms with Gasteiger partial charge in [-0.3, -0.25) is 0 Å². The lowest BCUT2D eigenvalue weighted by atomic mass is 9.35. The molecule has 2 aliphatic carbocycles. The second kappa shape index (κ2) is 18.6. The fourth-order valence-electron chi connectivity index (χ4n) is 15.3. The molecular weight excluding hydrogens is 1030 g/mol.